The van der Waals surface area contributed by atoms with E-state index in [1.54, 1.807) is 12.2 Å². The van der Waals surface area contributed by atoms with E-state index in [0.29, 0.717) is 24.3 Å². The summed E-state index contributed by atoms with van der Waals surface area (Å²) in [6.45, 7) is 18.6. The highest BCUT2D eigenvalue weighted by Gasteiger charge is 2.36. The summed E-state index contributed by atoms with van der Waals surface area (Å²) >= 11 is 0. The number of hydrogen-bond acceptors (Lipinski definition) is 6. The standard InChI is InChI=1S/C32H47NO5/c1-9-32(10-2,29-13-11-12-24(15-14-23(5)38-29)30(36)33-18-19-34)25-16-17-27(26(20-25)22(3)4)37-21-28(35)31(6,7)8/h12-17,20,22,30,33-34,36H,5,9-11,18-19,21H2,1-4,6-8H3/b15-14-,24-12+,29-13-. The summed E-state index contributed by atoms with van der Waals surface area (Å²) in [5.74, 6) is 2.30. The Morgan fingerprint density at radius 3 is 2.42 bits per heavy atom. The van der Waals surface area contributed by atoms with E-state index in [4.69, 9.17) is 14.6 Å². The van der Waals surface area contributed by atoms with E-state index in [1.807, 2.05) is 32.9 Å². The van der Waals surface area contributed by atoms with E-state index in [2.05, 4.69) is 57.8 Å². The van der Waals surface area contributed by atoms with Crippen molar-refractivity contribution in [3.8, 4) is 5.75 Å². The summed E-state index contributed by atoms with van der Waals surface area (Å²) in [6.07, 6.45) is 8.85. The van der Waals surface area contributed by atoms with E-state index in [9.17, 15) is 9.90 Å². The zero-order valence-corrected chi connectivity index (χ0v) is 24.3. The normalized spacial score (nSPS) is 19.3. The molecule has 1 aliphatic rings. The molecule has 0 saturated heterocycles. The molecule has 1 aliphatic heterocycles. The maximum atomic E-state index is 12.5. The summed E-state index contributed by atoms with van der Waals surface area (Å²) in [7, 11) is 0. The van der Waals surface area contributed by atoms with Crippen molar-refractivity contribution in [1.82, 2.24) is 5.32 Å². The topological polar surface area (TPSA) is 88.0 Å². The van der Waals surface area contributed by atoms with Gasteiger partial charge in [0.05, 0.1) is 12.0 Å². The molecule has 0 fully saturated rings. The van der Waals surface area contributed by atoms with Crippen LogP contribution in [0.15, 0.2) is 66.2 Å². The number of hydrogen-bond donors (Lipinski definition) is 3. The Morgan fingerprint density at radius 2 is 1.84 bits per heavy atom. The van der Waals surface area contributed by atoms with Crippen LogP contribution in [0.2, 0.25) is 0 Å². The van der Waals surface area contributed by atoms with Gasteiger partial charge in [-0.1, -0.05) is 79.3 Å². The zero-order valence-electron chi connectivity index (χ0n) is 24.3. The van der Waals surface area contributed by atoms with Gasteiger partial charge in [-0.2, -0.15) is 0 Å². The minimum absolute atomic E-state index is 0.0450. The van der Waals surface area contributed by atoms with Crippen LogP contribution < -0.4 is 10.1 Å². The van der Waals surface area contributed by atoms with Crippen molar-refractivity contribution in [1.29, 1.82) is 0 Å². The highest BCUT2D eigenvalue weighted by atomic mass is 16.5. The van der Waals surface area contributed by atoms with Crippen molar-refractivity contribution in [2.75, 3.05) is 19.8 Å². The average Bonchev–Trinajstić information content (AvgIpc) is 2.97. The largest absolute Gasteiger partial charge is 0.486 e. The smallest absolute Gasteiger partial charge is 0.175 e. The molecule has 1 unspecified atom stereocenters. The molecule has 1 aromatic rings. The third-order valence-electron chi connectivity index (χ3n) is 7.18. The monoisotopic (exact) mass is 525 g/mol. The Bertz CT molecular complexity index is 1050. The van der Waals surface area contributed by atoms with Crippen LogP contribution in [-0.4, -0.2) is 42.0 Å². The SMILES string of the molecule is C=C1/C=C\C(C(O)NCCO)=C/C/C=C(/C(CC)(CC)c2ccc(OCC(=O)C(C)(C)C)c(C(C)C)c2)O1. The summed E-state index contributed by atoms with van der Waals surface area (Å²) in [5.41, 5.74) is 2.02. The molecule has 0 amide bonds. The van der Waals surface area contributed by atoms with Gasteiger partial charge in [0.15, 0.2) is 5.78 Å². The third kappa shape index (κ3) is 7.92. The number of ether oxygens (including phenoxy) is 2. The lowest BCUT2D eigenvalue weighted by atomic mass is 9.73. The van der Waals surface area contributed by atoms with Crippen LogP contribution in [0.3, 0.4) is 0 Å². The molecule has 1 atom stereocenters. The van der Waals surface area contributed by atoms with Crippen LogP contribution >= 0.6 is 0 Å². The number of rotatable bonds is 12. The number of carbonyl (C=O) groups excluding carboxylic acids is 1. The van der Waals surface area contributed by atoms with Crippen LogP contribution in [0.25, 0.3) is 0 Å². The van der Waals surface area contributed by atoms with Crippen molar-refractivity contribution < 1.29 is 24.5 Å². The molecule has 1 aromatic carbocycles. The molecule has 0 bridgehead atoms. The van der Waals surface area contributed by atoms with E-state index in [1.165, 1.54) is 0 Å². The molecule has 2 rings (SSSR count). The molecule has 0 radical (unpaired) electrons. The van der Waals surface area contributed by atoms with Gasteiger partial charge in [-0.25, -0.2) is 0 Å². The highest BCUT2D eigenvalue weighted by Crippen LogP contribution is 2.43. The van der Waals surface area contributed by atoms with Crippen LogP contribution in [0, 0.1) is 5.41 Å². The van der Waals surface area contributed by atoms with Crippen molar-refractivity contribution in [2.45, 2.75) is 85.3 Å². The molecule has 6 heteroatoms. The van der Waals surface area contributed by atoms with Crippen molar-refractivity contribution in [2.24, 2.45) is 5.41 Å². The molecule has 0 aromatic heterocycles. The second kappa shape index (κ2) is 13.9. The Balaban J connectivity index is 2.48. The van der Waals surface area contributed by atoms with Gasteiger partial charge in [0.2, 0.25) is 0 Å². The third-order valence-corrected chi connectivity index (χ3v) is 7.18. The number of carbonyl (C=O) groups is 1. The molecule has 0 spiro atoms. The van der Waals surface area contributed by atoms with Crippen molar-refractivity contribution >= 4 is 5.78 Å². The number of nitrogens with one attached hydrogen (secondary N) is 1. The minimum Gasteiger partial charge on any atom is -0.486 e. The second-order valence-corrected chi connectivity index (χ2v) is 11.1. The van der Waals surface area contributed by atoms with Gasteiger partial charge in [0.1, 0.15) is 30.1 Å². The fourth-order valence-electron chi connectivity index (χ4n) is 4.53. The Kier molecular flexibility index (Phi) is 11.6. The summed E-state index contributed by atoms with van der Waals surface area (Å²) in [5, 5.41) is 22.4. The first-order valence-electron chi connectivity index (χ1n) is 13.7. The first-order chi connectivity index (χ1) is 17.9. The van der Waals surface area contributed by atoms with Crippen LogP contribution in [-0.2, 0) is 14.9 Å². The van der Waals surface area contributed by atoms with Crippen molar-refractivity contribution in [3.63, 3.8) is 0 Å². The molecule has 6 nitrogen and oxygen atoms in total. The number of aliphatic hydroxyl groups is 2. The quantitative estimate of drug-likeness (QED) is 0.287. The number of benzene rings is 1. The zero-order chi connectivity index (χ0) is 28.5. The fourth-order valence-corrected chi connectivity index (χ4v) is 4.53. The summed E-state index contributed by atoms with van der Waals surface area (Å²) in [6, 6.07) is 6.25. The minimum atomic E-state index is -0.894. The van der Waals surface area contributed by atoms with Gasteiger partial charge in [0, 0.05) is 12.0 Å². The van der Waals surface area contributed by atoms with Gasteiger partial charge < -0.3 is 19.7 Å². The number of Topliss-reactive ketones (excluding diaryl/α,β-unsaturated/α-hetero) is 1. The first-order valence-corrected chi connectivity index (χ1v) is 13.7. The molecule has 1 heterocycles. The van der Waals surface area contributed by atoms with Crippen LogP contribution in [0.1, 0.15) is 84.8 Å². The molecule has 38 heavy (non-hydrogen) atoms. The maximum absolute atomic E-state index is 12.5. The Morgan fingerprint density at radius 1 is 1.16 bits per heavy atom. The molecule has 0 aliphatic carbocycles. The van der Waals surface area contributed by atoms with Crippen molar-refractivity contribution in [3.05, 3.63) is 77.3 Å². The predicted octanol–water partition coefficient (Wildman–Crippen LogP) is 6.06. The lowest BCUT2D eigenvalue weighted by Crippen LogP contribution is -2.32. The van der Waals surface area contributed by atoms with E-state index in [0.717, 1.165) is 35.5 Å². The Hall–Kier alpha value is -2.67. The second-order valence-electron chi connectivity index (χ2n) is 11.1. The average molecular weight is 526 g/mol. The van der Waals surface area contributed by atoms with E-state index >= 15 is 0 Å². The predicted molar refractivity (Wildman–Crippen MR) is 154 cm³/mol. The molecule has 0 saturated carbocycles. The fraction of sp³-hybridized carbons (Fsp3) is 0.531. The number of ketones is 1. The van der Waals surface area contributed by atoms with Crippen LogP contribution in [0.4, 0.5) is 0 Å². The lowest BCUT2D eigenvalue weighted by Gasteiger charge is -2.35. The maximum Gasteiger partial charge on any atom is 0.175 e. The van der Waals surface area contributed by atoms with Gasteiger partial charge >= 0.3 is 0 Å². The molecule has 210 valence electrons. The summed E-state index contributed by atoms with van der Waals surface area (Å²) in [4.78, 5) is 12.5. The van der Waals surface area contributed by atoms with E-state index in [-0.39, 0.29) is 24.9 Å². The molecular formula is C32H47NO5. The van der Waals surface area contributed by atoms with Gasteiger partial charge in [-0.05, 0) is 60.1 Å². The van der Waals surface area contributed by atoms with E-state index < -0.39 is 17.1 Å². The van der Waals surface area contributed by atoms with Crippen LogP contribution in [0.5, 0.6) is 5.75 Å². The van der Waals surface area contributed by atoms with Gasteiger partial charge in [-0.3, -0.25) is 10.1 Å². The first kappa shape index (κ1) is 31.5. The summed E-state index contributed by atoms with van der Waals surface area (Å²) < 4.78 is 12.4. The molecule has 3 N–H and O–H groups in total. The number of aliphatic hydroxyl groups excluding tert-OH is 2. The highest BCUT2D eigenvalue weighted by molar-refractivity contribution is 5.85. The lowest BCUT2D eigenvalue weighted by molar-refractivity contribution is -0.128. The van der Waals surface area contributed by atoms with Gasteiger partial charge in [0.25, 0.3) is 0 Å². The Labute approximate surface area is 229 Å². The number of allylic oxidation sites excluding steroid dienone is 4. The molecular weight excluding hydrogens is 478 g/mol. The van der Waals surface area contributed by atoms with Gasteiger partial charge in [-0.15, -0.1) is 0 Å².